The van der Waals surface area contributed by atoms with E-state index in [2.05, 4.69) is 0 Å². The van der Waals surface area contributed by atoms with Gasteiger partial charge in [0.2, 0.25) is 0 Å². The van der Waals surface area contributed by atoms with Crippen LogP contribution in [0.4, 0.5) is 0 Å². The van der Waals surface area contributed by atoms with E-state index in [-0.39, 0.29) is 0 Å². The normalized spacial score (nSPS) is 9.00. The maximum atomic E-state index is 8.68. The summed E-state index contributed by atoms with van der Waals surface area (Å²) in [4.78, 5) is 0. The van der Waals surface area contributed by atoms with Gasteiger partial charge in [-0.25, -0.2) is 0 Å². The molecule has 5 N–H and O–H groups in total. The van der Waals surface area contributed by atoms with Gasteiger partial charge in [0.15, 0.2) is 0 Å². The Morgan fingerprint density at radius 2 is 0.300 bits per heavy atom. The van der Waals surface area contributed by atoms with Gasteiger partial charge >= 0.3 is 105 Å². The largest absolute Gasteiger partial charge is 0.503 e. The Bertz CT molecular complexity index is 74.8. The van der Waals surface area contributed by atoms with Crippen LogP contribution in [0.3, 0.4) is 0 Å². The van der Waals surface area contributed by atoms with Gasteiger partial charge < -0.3 is 34.4 Å². The third kappa shape index (κ3) is 910. The summed E-state index contributed by atoms with van der Waals surface area (Å²) in [6, 6.07) is 0. The molecule has 0 radical (unpaired) electrons. The standard InChI is InChI=1S/5HIO3/c5*2-1(3)4/h5*2H. The molecule has 0 unspecified atom stereocenters. The Labute approximate surface area is 154 Å². The molecule has 0 aliphatic heterocycles. The molecule has 0 fully saturated rings. The van der Waals surface area contributed by atoms with Crippen LogP contribution < -0.4 is 140 Å². The van der Waals surface area contributed by atoms with E-state index in [1.165, 1.54) is 0 Å². The molecule has 0 aromatic rings. The minimum absolute atomic E-state index is 3.76. The zero-order valence-corrected chi connectivity index (χ0v) is 19.0. The fraction of sp³-hybridized carbons (Fsp3) is 0. The fourth-order valence-electron chi connectivity index (χ4n) is 0. The van der Waals surface area contributed by atoms with E-state index in [1.54, 1.807) is 0 Å². The van der Waals surface area contributed by atoms with Crippen LogP contribution in [0.25, 0.3) is 0 Å². The first-order chi connectivity index (χ1) is 8.66. The number of halogens is 5. The van der Waals surface area contributed by atoms with Crippen LogP contribution in [0.2, 0.25) is 0 Å². The van der Waals surface area contributed by atoms with Gasteiger partial charge in [0.1, 0.15) is 0 Å². The first-order valence-corrected chi connectivity index (χ1v) is 16.0. The molecule has 130 valence electrons. The molecular formula is H5I5O15. The van der Waals surface area contributed by atoms with Gasteiger partial charge in [0.05, 0.1) is 0 Å². The highest BCUT2D eigenvalue weighted by atomic mass is 127. The fourth-order valence-corrected chi connectivity index (χ4v) is 0. The molecule has 0 aliphatic rings. The minimum atomic E-state index is -3.76. The highest BCUT2D eigenvalue weighted by Gasteiger charge is 1.91. The Morgan fingerprint density at radius 1 is 0.300 bits per heavy atom. The average molecular weight is 880 g/mol. The molecule has 0 rings (SSSR count). The van der Waals surface area contributed by atoms with Crippen molar-refractivity contribution in [3.8, 4) is 0 Å². The molecule has 0 aliphatic carbocycles. The topological polar surface area (TPSA) is 332 Å². The van der Waals surface area contributed by atoms with Crippen molar-refractivity contribution in [2.75, 3.05) is 0 Å². The summed E-state index contributed by atoms with van der Waals surface area (Å²) in [7, 11) is 0. The first kappa shape index (κ1) is 34.4. The van der Waals surface area contributed by atoms with E-state index in [4.69, 9.17) is 51.5 Å². The van der Waals surface area contributed by atoms with Gasteiger partial charge in [-0.05, 0) is 17.2 Å². The lowest BCUT2D eigenvalue weighted by Crippen LogP contribution is -3.98. The molecule has 0 saturated heterocycles. The Kier molecular flexibility index (Phi) is 51.6. The van der Waals surface area contributed by atoms with Crippen LogP contribution in [-0.4, -0.2) is 17.2 Å². The lowest BCUT2D eigenvalue weighted by Gasteiger charge is -1.67. The van der Waals surface area contributed by atoms with Crippen LogP contribution in [0.5, 0.6) is 0 Å². The van der Waals surface area contributed by atoms with Crippen molar-refractivity contribution in [3.05, 3.63) is 0 Å². The SMILES string of the molecule is [O-][I+2]([O-])O.[O-][I+2]([O-])O.[O-][I+2]([O-])O.[O-][I+2]([O-])O.[O-][I+2]([O-])O. The second-order valence-electron chi connectivity index (χ2n) is 1.01. The van der Waals surface area contributed by atoms with Crippen molar-refractivity contribution in [1.29, 1.82) is 0 Å². The lowest BCUT2D eigenvalue weighted by molar-refractivity contribution is -1.63. The Balaban J connectivity index is -0.0000000469. The molecule has 0 spiro atoms. The summed E-state index contributed by atoms with van der Waals surface area (Å²) in [6.45, 7) is 0. The first-order valence-electron chi connectivity index (χ1n) is 2.39. The van der Waals surface area contributed by atoms with Gasteiger partial charge in [-0.1, -0.05) is 0 Å². The van der Waals surface area contributed by atoms with E-state index in [0.29, 0.717) is 0 Å². The highest BCUT2D eigenvalue weighted by molar-refractivity contribution is 1.95. The Hall–Kier alpha value is 3.05. The van der Waals surface area contributed by atoms with Crippen molar-refractivity contribution in [3.63, 3.8) is 0 Å². The van der Waals surface area contributed by atoms with Crippen LogP contribution in [0.15, 0.2) is 0 Å². The third-order valence-electron chi connectivity index (χ3n) is 0. The molecule has 20 heavy (non-hydrogen) atoms. The third-order valence-corrected chi connectivity index (χ3v) is 0. The summed E-state index contributed by atoms with van der Waals surface area (Å²) < 4.78 is 122. The second kappa shape index (κ2) is 30.0. The molecular weight excluding hydrogens is 875 g/mol. The van der Waals surface area contributed by atoms with Crippen molar-refractivity contribution in [2.24, 2.45) is 0 Å². The van der Waals surface area contributed by atoms with Gasteiger partial charge in [-0.3, -0.25) is 0 Å². The van der Waals surface area contributed by atoms with Crippen LogP contribution in [-0.2, 0) is 0 Å². The zero-order chi connectivity index (χ0) is 17.9. The summed E-state index contributed by atoms with van der Waals surface area (Å²) in [5.41, 5.74) is 0. The molecule has 0 bridgehead atoms. The van der Waals surface area contributed by atoms with Crippen LogP contribution in [0, 0.1) is 0 Å². The summed E-state index contributed by atoms with van der Waals surface area (Å²) >= 11 is -18.8. The van der Waals surface area contributed by atoms with E-state index in [9.17, 15) is 0 Å². The number of hydrogen-bond donors (Lipinski definition) is 5. The number of rotatable bonds is 0. The molecule has 0 aromatic carbocycles. The van der Waals surface area contributed by atoms with Crippen molar-refractivity contribution < 1.29 is 157 Å². The molecule has 20 heteroatoms. The van der Waals surface area contributed by atoms with Gasteiger partial charge in [0, 0.05) is 0 Å². The molecule has 0 atom stereocenters. The second-order valence-corrected chi connectivity index (χ2v) is 6.74. The Morgan fingerprint density at radius 3 is 0.300 bits per heavy atom. The average Bonchev–Trinajstić information content (AvgIpc) is 1.94. The number of hydrogen-bond acceptors (Lipinski definition) is 15. The van der Waals surface area contributed by atoms with Crippen LogP contribution in [0.1, 0.15) is 0 Å². The molecule has 0 heterocycles. The monoisotopic (exact) mass is 879 g/mol. The van der Waals surface area contributed by atoms with E-state index in [0.717, 1.165) is 0 Å². The van der Waals surface area contributed by atoms with Gasteiger partial charge in [-0.15, -0.1) is 0 Å². The summed E-state index contributed by atoms with van der Waals surface area (Å²) in [6.07, 6.45) is 0. The zero-order valence-electron chi connectivity index (χ0n) is 8.21. The van der Waals surface area contributed by atoms with E-state index < -0.39 is 105 Å². The highest BCUT2D eigenvalue weighted by Crippen LogP contribution is 0.264. The predicted octanol–water partition coefficient (Wildman–Crippen LogP) is -29.7. The smallest absolute Gasteiger partial charge is 0.396 e. The lowest BCUT2D eigenvalue weighted by atomic mass is 16.0. The van der Waals surface area contributed by atoms with Gasteiger partial charge in [0.25, 0.3) is 0 Å². The maximum Gasteiger partial charge on any atom is 0.503 e. The van der Waals surface area contributed by atoms with Gasteiger partial charge in [-0.2, -0.15) is 0 Å². The molecule has 0 amide bonds. The van der Waals surface area contributed by atoms with Crippen molar-refractivity contribution in [2.45, 2.75) is 0 Å². The predicted molar refractivity (Wildman–Crippen MR) is 11.1 cm³/mol. The summed E-state index contributed by atoms with van der Waals surface area (Å²) in [5.74, 6) is 0. The molecule has 0 aromatic heterocycles. The quantitative estimate of drug-likeness (QED) is 0.141. The minimum Gasteiger partial charge on any atom is -0.396 e. The van der Waals surface area contributed by atoms with Crippen LogP contribution >= 0.6 is 0 Å². The van der Waals surface area contributed by atoms with E-state index in [1.807, 2.05) is 0 Å². The molecule has 0 saturated carbocycles. The maximum absolute atomic E-state index is 8.68. The van der Waals surface area contributed by atoms with Crippen molar-refractivity contribution in [1.82, 2.24) is 0 Å². The molecule has 15 nitrogen and oxygen atoms in total. The van der Waals surface area contributed by atoms with E-state index >= 15 is 0 Å². The summed E-state index contributed by atoms with van der Waals surface area (Å²) in [5, 5.41) is 0. The van der Waals surface area contributed by atoms with Crippen molar-refractivity contribution >= 4 is 0 Å².